The van der Waals surface area contributed by atoms with Gasteiger partial charge in [-0.15, -0.1) is 0 Å². The van der Waals surface area contributed by atoms with Crippen LogP contribution in [0.5, 0.6) is 0 Å². The summed E-state index contributed by atoms with van der Waals surface area (Å²) in [7, 11) is 0. The lowest BCUT2D eigenvalue weighted by Gasteiger charge is -2.13. The molecule has 0 bridgehead atoms. The summed E-state index contributed by atoms with van der Waals surface area (Å²) in [6.45, 7) is 2.66. The molecule has 0 saturated heterocycles. The summed E-state index contributed by atoms with van der Waals surface area (Å²) in [5.74, 6) is 0.903. The Morgan fingerprint density at radius 1 is 1.21 bits per heavy atom. The zero-order valence-electron chi connectivity index (χ0n) is 13.6. The Balaban J connectivity index is 1.57. The van der Waals surface area contributed by atoms with E-state index in [4.69, 9.17) is 0 Å². The number of para-hydroxylation sites is 1. The number of hydrogen-bond acceptors (Lipinski definition) is 2. The number of imidazole rings is 1. The number of aryl methyl sites for hydroxylation is 1. The van der Waals surface area contributed by atoms with Crippen LogP contribution in [0.3, 0.4) is 0 Å². The van der Waals surface area contributed by atoms with Gasteiger partial charge in [0.05, 0.1) is 6.54 Å². The summed E-state index contributed by atoms with van der Waals surface area (Å²) in [6.07, 6.45) is 8.05. The van der Waals surface area contributed by atoms with Gasteiger partial charge < -0.3 is 14.5 Å². The standard InChI is InChI=1S/C19H20N4O/c1-14-20-10-12-22(14)13-15-5-2-3-6-17(15)21-19(24)18-7-4-11-23(18)16-8-9-16/h2-7,10-12,16H,8-9,13H2,1H3,(H,21,24). The Hall–Kier alpha value is -2.82. The summed E-state index contributed by atoms with van der Waals surface area (Å²) < 4.78 is 4.15. The molecule has 3 aromatic rings. The van der Waals surface area contributed by atoms with E-state index in [0.717, 1.165) is 35.6 Å². The number of nitrogens with zero attached hydrogens (tertiary/aromatic N) is 3. The molecule has 1 N–H and O–H groups in total. The molecule has 0 unspecified atom stereocenters. The summed E-state index contributed by atoms with van der Waals surface area (Å²) in [5.41, 5.74) is 2.64. The second-order valence-corrected chi connectivity index (χ2v) is 6.25. The molecule has 122 valence electrons. The minimum Gasteiger partial charge on any atom is -0.340 e. The van der Waals surface area contributed by atoms with Gasteiger partial charge in [0, 0.05) is 30.3 Å². The molecular weight excluding hydrogens is 300 g/mol. The average molecular weight is 320 g/mol. The van der Waals surface area contributed by atoms with Crippen molar-refractivity contribution in [2.45, 2.75) is 32.4 Å². The second kappa shape index (κ2) is 6.00. The van der Waals surface area contributed by atoms with Crippen molar-refractivity contribution < 1.29 is 4.79 Å². The van der Waals surface area contributed by atoms with Crippen molar-refractivity contribution in [1.29, 1.82) is 0 Å². The zero-order chi connectivity index (χ0) is 16.5. The third-order valence-corrected chi connectivity index (χ3v) is 4.48. The van der Waals surface area contributed by atoms with E-state index in [0.29, 0.717) is 12.6 Å². The second-order valence-electron chi connectivity index (χ2n) is 6.25. The predicted octanol–water partition coefficient (Wildman–Crippen LogP) is 3.63. The topological polar surface area (TPSA) is 51.9 Å². The lowest BCUT2D eigenvalue weighted by molar-refractivity contribution is 0.101. The Kier molecular flexibility index (Phi) is 3.69. The maximum atomic E-state index is 12.7. The molecular formula is C19H20N4O. The number of rotatable bonds is 5. The highest BCUT2D eigenvalue weighted by molar-refractivity contribution is 6.03. The molecule has 4 rings (SSSR count). The van der Waals surface area contributed by atoms with E-state index in [9.17, 15) is 4.79 Å². The van der Waals surface area contributed by atoms with Gasteiger partial charge in [0.1, 0.15) is 11.5 Å². The number of hydrogen-bond donors (Lipinski definition) is 1. The van der Waals surface area contributed by atoms with Crippen molar-refractivity contribution in [3.8, 4) is 0 Å². The van der Waals surface area contributed by atoms with E-state index < -0.39 is 0 Å². The zero-order valence-corrected chi connectivity index (χ0v) is 13.6. The molecule has 0 radical (unpaired) electrons. The molecule has 5 nitrogen and oxygen atoms in total. The maximum Gasteiger partial charge on any atom is 0.272 e. The molecule has 2 heterocycles. The number of carbonyl (C=O) groups excluding carboxylic acids is 1. The lowest BCUT2D eigenvalue weighted by Crippen LogP contribution is -2.17. The minimum atomic E-state index is -0.0540. The summed E-state index contributed by atoms with van der Waals surface area (Å²) in [6, 6.07) is 12.2. The molecule has 1 aliphatic carbocycles. The van der Waals surface area contributed by atoms with E-state index in [1.165, 1.54) is 0 Å². The molecule has 1 aliphatic rings. The van der Waals surface area contributed by atoms with Crippen molar-refractivity contribution in [3.63, 3.8) is 0 Å². The molecule has 5 heteroatoms. The smallest absolute Gasteiger partial charge is 0.272 e. The van der Waals surface area contributed by atoms with Gasteiger partial charge in [0.25, 0.3) is 5.91 Å². The Labute approximate surface area is 140 Å². The Morgan fingerprint density at radius 3 is 2.79 bits per heavy atom. The molecule has 0 atom stereocenters. The van der Waals surface area contributed by atoms with Crippen LogP contribution in [0, 0.1) is 6.92 Å². The fraction of sp³-hybridized carbons (Fsp3) is 0.263. The van der Waals surface area contributed by atoms with Crippen LogP contribution >= 0.6 is 0 Å². The van der Waals surface area contributed by atoms with E-state index in [1.54, 1.807) is 6.20 Å². The summed E-state index contributed by atoms with van der Waals surface area (Å²) >= 11 is 0. The van der Waals surface area contributed by atoms with E-state index in [-0.39, 0.29) is 5.91 Å². The van der Waals surface area contributed by atoms with Crippen LogP contribution in [0.2, 0.25) is 0 Å². The number of carbonyl (C=O) groups is 1. The molecule has 1 amide bonds. The minimum absolute atomic E-state index is 0.0540. The fourth-order valence-corrected chi connectivity index (χ4v) is 2.98. The molecule has 2 aromatic heterocycles. The number of benzene rings is 1. The van der Waals surface area contributed by atoms with Crippen LogP contribution in [0.1, 0.15) is 40.8 Å². The first-order valence-electron chi connectivity index (χ1n) is 8.26. The van der Waals surface area contributed by atoms with Crippen molar-refractivity contribution in [3.05, 3.63) is 72.1 Å². The van der Waals surface area contributed by atoms with E-state index in [2.05, 4.69) is 19.4 Å². The molecule has 24 heavy (non-hydrogen) atoms. The molecule has 1 saturated carbocycles. The third-order valence-electron chi connectivity index (χ3n) is 4.48. The number of anilines is 1. The number of nitrogens with one attached hydrogen (secondary N) is 1. The van der Waals surface area contributed by atoms with Crippen LogP contribution in [0.25, 0.3) is 0 Å². The predicted molar refractivity (Wildman–Crippen MR) is 93.2 cm³/mol. The third kappa shape index (κ3) is 2.85. The van der Waals surface area contributed by atoms with Crippen LogP contribution in [-0.4, -0.2) is 20.0 Å². The molecule has 0 spiro atoms. The number of aromatic nitrogens is 3. The number of amides is 1. The normalized spacial score (nSPS) is 13.9. The van der Waals surface area contributed by atoms with Gasteiger partial charge in [-0.25, -0.2) is 4.98 Å². The van der Waals surface area contributed by atoms with Crippen LogP contribution < -0.4 is 5.32 Å². The van der Waals surface area contributed by atoms with Gasteiger partial charge in [-0.3, -0.25) is 4.79 Å². The van der Waals surface area contributed by atoms with Gasteiger partial charge in [0.15, 0.2) is 0 Å². The SMILES string of the molecule is Cc1nccn1Cc1ccccc1NC(=O)c1cccn1C1CC1. The van der Waals surface area contributed by atoms with Gasteiger partial charge >= 0.3 is 0 Å². The molecule has 1 fully saturated rings. The summed E-state index contributed by atoms with van der Waals surface area (Å²) in [5, 5.41) is 3.07. The monoisotopic (exact) mass is 320 g/mol. The largest absolute Gasteiger partial charge is 0.340 e. The highest BCUT2D eigenvalue weighted by atomic mass is 16.2. The highest BCUT2D eigenvalue weighted by Crippen LogP contribution is 2.36. The van der Waals surface area contributed by atoms with Crippen LogP contribution in [-0.2, 0) is 6.54 Å². The van der Waals surface area contributed by atoms with Gasteiger partial charge in [-0.2, -0.15) is 0 Å². The van der Waals surface area contributed by atoms with Crippen molar-refractivity contribution >= 4 is 11.6 Å². The first-order valence-corrected chi connectivity index (χ1v) is 8.26. The van der Waals surface area contributed by atoms with Gasteiger partial charge in [-0.1, -0.05) is 18.2 Å². The maximum absolute atomic E-state index is 12.7. The fourth-order valence-electron chi connectivity index (χ4n) is 2.98. The van der Waals surface area contributed by atoms with Gasteiger partial charge in [0.2, 0.25) is 0 Å². The van der Waals surface area contributed by atoms with Crippen molar-refractivity contribution in [1.82, 2.24) is 14.1 Å². The summed E-state index contributed by atoms with van der Waals surface area (Å²) in [4.78, 5) is 17.0. The Bertz CT molecular complexity index is 873. The van der Waals surface area contributed by atoms with E-state index >= 15 is 0 Å². The van der Waals surface area contributed by atoms with Gasteiger partial charge in [-0.05, 0) is 43.5 Å². The quantitative estimate of drug-likeness (QED) is 0.780. The van der Waals surface area contributed by atoms with Crippen molar-refractivity contribution in [2.24, 2.45) is 0 Å². The van der Waals surface area contributed by atoms with Crippen LogP contribution in [0.15, 0.2) is 55.0 Å². The molecule has 0 aliphatic heterocycles. The average Bonchev–Trinajstić information content (AvgIpc) is 3.17. The first-order chi connectivity index (χ1) is 11.7. The lowest BCUT2D eigenvalue weighted by atomic mass is 10.1. The highest BCUT2D eigenvalue weighted by Gasteiger charge is 2.26. The van der Waals surface area contributed by atoms with Crippen molar-refractivity contribution in [2.75, 3.05) is 5.32 Å². The Morgan fingerprint density at radius 2 is 2.04 bits per heavy atom. The first kappa shape index (κ1) is 14.8. The van der Waals surface area contributed by atoms with E-state index in [1.807, 2.05) is 55.7 Å². The molecule has 1 aromatic carbocycles. The van der Waals surface area contributed by atoms with Crippen LogP contribution in [0.4, 0.5) is 5.69 Å².